The average Bonchev–Trinajstić information content (AvgIpc) is 3.32. The SMILES string of the molecule is COc1ccc(Nc2c3c(nc4ccc(NC(=O)/C=C/c5ccc(C)o5)cc24)CCCC3)cc1OC. The summed E-state index contributed by atoms with van der Waals surface area (Å²) >= 11 is 0. The quantitative estimate of drug-likeness (QED) is 0.295. The Morgan fingerprint density at radius 3 is 2.56 bits per heavy atom. The standard InChI is InChI=1S/C29H29N3O4/c1-18-8-11-21(36-18)12-15-28(33)30-19-9-13-25-23(16-19)29(22-6-4-5-7-24(22)32-25)31-20-10-14-26(34-2)27(17-20)35-3/h8-17H,4-7H2,1-3H3,(H,30,33)(H,31,32)/b15-12+. The van der Waals surface area contributed by atoms with Crippen LogP contribution in [0.3, 0.4) is 0 Å². The molecule has 2 aromatic carbocycles. The van der Waals surface area contributed by atoms with E-state index in [1.54, 1.807) is 20.3 Å². The minimum atomic E-state index is -0.233. The van der Waals surface area contributed by atoms with Gasteiger partial charge in [-0.3, -0.25) is 9.78 Å². The summed E-state index contributed by atoms with van der Waals surface area (Å²) in [6.45, 7) is 1.87. The van der Waals surface area contributed by atoms with Gasteiger partial charge in [0.15, 0.2) is 11.5 Å². The normalized spacial score (nSPS) is 13.0. The van der Waals surface area contributed by atoms with Gasteiger partial charge >= 0.3 is 0 Å². The molecule has 0 atom stereocenters. The number of benzene rings is 2. The van der Waals surface area contributed by atoms with Crippen molar-refractivity contribution in [1.29, 1.82) is 0 Å². The monoisotopic (exact) mass is 483 g/mol. The van der Waals surface area contributed by atoms with E-state index >= 15 is 0 Å². The summed E-state index contributed by atoms with van der Waals surface area (Å²) in [5.41, 5.74) is 5.84. The van der Waals surface area contributed by atoms with E-state index in [1.807, 2.05) is 55.5 Å². The maximum Gasteiger partial charge on any atom is 0.248 e. The van der Waals surface area contributed by atoms with Gasteiger partial charge in [0, 0.05) is 34.6 Å². The number of amides is 1. The predicted octanol–water partition coefficient (Wildman–Crippen LogP) is 6.43. The van der Waals surface area contributed by atoms with Crippen LogP contribution in [-0.2, 0) is 17.6 Å². The van der Waals surface area contributed by atoms with Gasteiger partial charge in [-0.25, -0.2) is 0 Å². The molecule has 1 aliphatic carbocycles. The Morgan fingerprint density at radius 2 is 1.78 bits per heavy atom. The highest BCUT2D eigenvalue weighted by Gasteiger charge is 2.19. The first kappa shape index (κ1) is 23.5. The number of furan rings is 1. The van der Waals surface area contributed by atoms with Gasteiger partial charge in [0.05, 0.1) is 25.4 Å². The number of nitrogens with one attached hydrogen (secondary N) is 2. The number of hydrogen-bond donors (Lipinski definition) is 2. The molecule has 36 heavy (non-hydrogen) atoms. The fourth-order valence-electron chi connectivity index (χ4n) is 4.59. The number of methoxy groups -OCH3 is 2. The van der Waals surface area contributed by atoms with Crippen LogP contribution in [0.4, 0.5) is 17.1 Å². The van der Waals surface area contributed by atoms with Crippen LogP contribution in [0.5, 0.6) is 11.5 Å². The molecular weight excluding hydrogens is 454 g/mol. The molecule has 2 N–H and O–H groups in total. The Balaban J connectivity index is 1.49. The van der Waals surface area contributed by atoms with E-state index in [0.29, 0.717) is 22.9 Å². The Hall–Kier alpha value is -4.26. The molecule has 0 bridgehead atoms. The van der Waals surface area contributed by atoms with Crippen LogP contribution in [0, 0.1) is 6.92 Å². The highest BCUT2D eigenvalue weighted by molar-refractivity contribution is 6.04. The van der Waals surface area contributed by atoms with Crippen molar-refractivity contribution in [3.05, 3.63) is 77.4 Å². The molecule has 0 unspecified atom stereocenters. The number of anilines is 3. The molecule has 1 aliphatic rings. The number of rotatable bonds is 7. The number of fused-ring (bicyclic) bond motifs is 2. The van der Waals surface area contributed by atoms with Gasteiger partial charge in [-0.1, -0.05) is 0 Å². The van der Waals surface area contributed by atoms with Crippen LogP contribution < -0.4 is 20.1 Å². The molecule has 0 saturated heterocycles. The second-order valence-corrected chi connectivity index (χ2v) is 8.82. The van der Waals surface area contributed by atoms with E-state index in [0.717, 1.165) is 59.4 Å². The summed E-state index contributed by atoms with van der Waals surface area (Å²) in [5.74, 6) is 2.53. The number of ether oxygens (including phenoxy) is 2. The number of aromatic nitrogens is 1. The molecule has 0 fully saturated rings. The lowest BCUT2D eigenvalue weighted by molar-refractivity contribution is -0.111. The summed E-state index contributed by atoms with van der Waals surface area (Å²) in [6.07, 6.45) is 7.30. The number of pyridine rings is 1. The van der Waals surface area contributed by atoms with Crippen LogP contribution in [0.1, 0.15) is 35.6 Å². The Morgan fingerprint density at radius 1 is 0.972 bits per heavy atom. The van der Waals surface area contributed by atoms with Crippen molar-refractivity contribution < 1.29 is 18.7 Å². The molecule has 184 valence electrons. The van der Waals surface area contributed by atoms with Gasteiger partial charge < -0.3 is 24.5 Å². The highest BCUT2D eigenvalue weighted by Crippen LogP contribution is 2.38. The largest absolute Gasteiger partial charge is 0.493 e. The van der Waals surface area contributed by atoms with Crippen molar-refractivity contribution in [3.63, 3.8) is 0 Å². The van der Waals surface area contributed by atoms with Gasteiger partial charge in [-0.15, -0.1) is 0 Å². The zero-order valence-corrected chi connectivity index (χ0v) is 20.7. The first-order valence-electron chi connectivity index (χ1n) is 12.0. The topological polar surface area (TPSA) is 85.6 Å². The lowest BCUT2D eigenvalue weighted by atomic mass is 9.92. The third kappa shape index (κ3) is 4.91. The molecule has 7 nitrogen and oxygen atoms in total. The lowest BCUT2D eigenvalue weighted by Crippen LogP contribution is -2.11. The maximum atomic E-state index is 12.6. The van der Waals surface area contributed by atoms with Gasteiger partial charge in [0.2, 0.25) is 5.91 Å². The summed E-state index contributed by atoms with van der Waals surface area (Å²) in [7, 11) is 3.25. The molecule has 7 heteroatoms. The molecule has 2 aromatic heterocycles. The van der Waals surface area contributed by atoms with E-state index < -0.39 is 0 Å². The van der Waals surface area contributed by atoms with Gasteiger partial charge in [0.25, 0.3) is 0 Å². The van der Waals surface area contributed by atoms with Crippen LogP contribution in [0.25, 0.3) is 17.0 Å². The predicted molar refractivity (Wildman–Crippen MR) is 142 cm³/mol. The Bertz CT molecular complexity index is 1450. The molecule has 4 aromatic rings. The zero-order chi connectivity index (χ0) is 25.1. The third-order valence-electron chi connectivity index (χ3n) is 6.34. The maximum absolute atomic E-state index is 12.6. The molecule has 0 spiro atoms. The molecule has 0 aliphatic heterocycles. The van der Waals surface area contributed by atoms with Crippen LogP contribution in [0.15, 0.2) is 59.0 Å². The molecular formula is C29H29N3O4. The third-order valence-corrected chi connectivity index (χ3v) is 6.34. The Labute approximate surface area is 210 Å². The van der Waals surface area contributed by atoms with E-state index in [1.165, 1.54) is 11.6 Å². The lowest BCUT2D eigenvalue weighted by Gasteiger charge is -2.22. The fourth-order valence-corrected chi connectivity index (χ4v) is 4.59. The van der Waals surface area contributed by atoms with E-state index in [9.17, 15) is 4.79 Å². The van der Waals surface area contributed by atoms with E-state index in [2.05, 4.69) is 10.6 Å². The Kier molecular flexibility index (Phi) is 6.62. The summed E-state index contributed by atoms with van der Waals surface area (Å²) in [4.78, 5) is 17.5. The van der Waals surface area contributed by atoms with Crippen LogP contribution >= 0.6 is 0 Å². The number of nitrogens with zero attached hydrogens (tertiary/aromatic N) is 1. The molecule has 5 rings (SSSR count). The molecule has 0 saturated carbocycles. The fraction of sp³-hybridized carbons (Fsp3) is 0.241. The zero-order valence-electron chi connectivity index (χ0n) is 20.7. The van der Waals surface area contributed by atoms with Crippen molar-refractivity contribution in [1.82, 2.24) is 4.98 Å². The molecule has 1 amide bonds. The van der Waals surface area contributed by atoms with Gasteiger partial charge in [-0.2, -0.15) is 0 Å². The average molecular weight is 484 g/mol. The second-order valence-electron chi connectivity index (χ2n) is 8.82. The number of carbonyl (C=O) groups is 1. The second kappa shape index (κ2) is 10.2. The number of aryl methyl sites for hydroxylation is 2. The summed E-state index contributed by atoms with van der Waals surface area (Å²) < 4.78 is 16.4. The number of hydrogen-bond acceptors (Lipinski definition) is 6. The van der Waals surface area contributed by atoms with Crippen molar-refractivity contribution in [2.75, 3.05) is 24.9 Å². The van der Waals surface area contributed by atoms with E-state index in [4.69, 9.17) is 18.9 Å². The van der Waals surface area contributed by atoms with Crippen molar-refractivity contribution in [3.8, 4) is 11.5 Å². The molecule has 0 radical (unpaired) electrons. The number of carbonyl (C=O) groups excluding carboxylic acids is 1. The van der Waals surface area contributed by atoms with E-state index in [-0.39, 0.29) is 5.91 Å². The summed E-state index contributed by atoms with van der Waals surface area (Å²) in [5, 5.41) is 7.52. The minimum Gasteiger partial charge on any atom is -0.493 e. The first-order chi connectivity index (χ1) is 17.5. The van der Waals surface area contributed by atoms with Crippen LogP contribution in [-0.4, -0.2) is 25.1 Å². The van der Waals surface area contributed by atoms with Crippen molar-refractivity contribution in [2.45, 2.75) is 32.6 Å². The van der Waals surface area contributed by atoms with Gasteiger partial charge in [0.1, 0.15) is 11.5 Å². The van der Waals surface area contributed by atoms with Crippen LogP contribution in [0.2, 0.25) is 0 Å². The minimum absolute atomic E-state index is 0.233. The highest BCUT2D eigenvalue weighted by atomic mass is 16.5. The first-order valence-corrected chi connectivity index (χ1v) is 12.0. The molecule has 2 heterocycles. The summed E-state index contributed by atoms with van der Waals surface area (Å²) in [6, 6.07) is 15.3. The smallest absolute Gasteiger partial charge is 0.248 e. The van der Waals surface area contributed by atoms with Crippen molar-refractivity contribution in [2.24, 2.45) is 0 Å². The van der Waals surface area contributed by atoms with Crippen molar-refractivity contribution >= 4 is 39.9 Å². The van der Waals surface area contributed by atoms with Gasteiger partial charge in [-0.05, 0) is 86.7 Å².